The maximum absolute atomic E-state index is 14.0. The topological polar surface area (TPSA) is 83.9 Å². The predicted octanol–water partition coefficient (Wildman–Crippen LogP) is 4.42. The molecule has 1 fully saturated rings. The molecule has 8 heteroatoms. The number of pyridine rings is 1. The van der Waals surface area contributed by atoms with Gasteiger partial charge in [-0.05, 0) is 64.1 Å². The minimum Gasteiger partial charge on any atom is -0.504 e. The summed E-state index contributed by atoms with van der Waals surface area (Å²) < 4.78 is 27.0. The van der Waals surface area contributed by atoms with Crippen LogP contribution in [0.1, 0.15) is 35.1 Å². The van der Waals surface area contributed by atoms with E-state index in [2.05, 4.69) is 10.3 Å². The van der Waals surface area contributed by atoms with Gasteiger partial charge in [-0.3, -0.25) is 9.55 Å². The highest BCUT2D eigenvalue weighted by atomic mass is 31.2. The van der Waals surface area contributed by atoms with Crippen molar-refractivity contribution in [3.63, 3.8) is 0 Å². The van der Waals surface area contributed by atoms with Gasteiger partial charge in [0.15, 0.2) is 11.5 Å². The normalized spacial score (nSPS) is 23.2. The van der Waals surface area contributed by atoms with Crippen molar-refractivity contribution in [1.29, 1.82) is 0 Å². The van der Waals surface area contributed by atoms with Crippen LogP contribution in [0.25, 0.3) is 0 Å². The van der Waals surface area contributed by atoms with Crippen LogP contribution in [0, 0.1) is 20.8 Å². The summed E-state index contributed by atoms with van der Waals surface area (Å²) >= 11 is 0. The Hall–Kier alpha value is -2.08. The van der Waals surface area contributed by atoms with Gasteiger partial charge in [-0.1, -0.05) is 6.07 Å². The van der Waals surface area contributed by atoms with Gasteiger partial charge in [0.2, 0.25) is 0 Å². The Labute approximate surface area is 172 Å². The SMILES string of the molecule is COc1cc(C(CNc2ccc(C)nc2C)P2(=O)OC[C@H](C)N2C)cc(C)c1O. The van der Waals surface area contributed by atoms with Gasteiger partial charge in [0.25, 0.3) is 7.52 Å². The van der Waals surface area contributed by atoms with Gasteiger partial charge in [0.05, 0.1) is 30.8 Å². The lowest BCUT2D eigenvalue weighted by Crippen LogP contribution is -2.25. The summed E-state index contributed by atoms with van der Waals surface area (Å²) in [6.07, 6.45) is 0. The van der Waals surface area contributed by atoms with Crippen molar-refractivity contribution >= 4 is 13.2 Å². The maximum Gasteiger partial charge on any atom is 0.281 e. The van der Waals surface area contributed by atoms with Crippen LogP contribution >= 0.6 is 7.52 Å². The van der Waals surface area contributed by atoms with E-state index >= 15 is 0 Å². The van der Waals surface area contributed by atoms with E-state index in [1.807, 2.05) is 50.7 Å². The monoisotopic (exact) mass is 419 g/mol. The molecule has 0 radical (unpaired) electrons. The molecule has 29 heavy (non-hydrogen) atoms. The second-order valence-electron chi connectivity index (χ2n) is 7.65. The molecule has 0 bridgehead atoms. The fourth-order valence-electron chi connectivity index (χ4n) is 3.62. The van der Waals surface area contributed by atoms with Crippen LogP contribution in [0.4, 0.5) is 5.69 Å². The molecule has 1 saturated heterocycles. The molecule has 0 spiro atoms. The Balaban J connectivity index is 2.01. The van der Waals surface area contributed by atoms with Crippen LogP contribution < -0.4 is 10.1 Å². The lowest BCUT2D eigenvalue weighted by molar-refractivity contribution is 0.329. The molecule has 2 heterocycles. The van der Waals surface area contributed by atoms with Gasteiger partial charge in [-0.2, -0.15) is 0 Å². The molecule has 158 valence electrons. The van der Waals surface area contributed by atoms with Gasteiger partial charge in [0.1, 0.15) is 0 Å². The largest absolute Gasteiger partial charge is 0.504 e. The third kappa shape index (κ3) is 4.13. The summed E-state index contributed by atoms with van der Waals surface area (Å²) in [4.78, 5) is 4.49. The molecule has 0 saturated carbocycles. The lowest BCUT2D eigenvalue weighted by Gasteiger charge is -2.30. The molecule has 2 unspecified atom stereocenters. The fraction of sp³-hybridized carbons (Fsp3) is 0.476. The third-order valence-corrected chi connectivity index (χ3v) is 8.64. The minimum absolute atomic E-state index is 0.0613. The number of phenols is 1. The number of aryl methyl sites for hydroxylation is 3. The molecule has 0 amide bonds. The highest BCUT2D eigenvalue weighted by molar-refractivity contribution is 7.57. The van der Waals surface area contributed by atoms with E-state index in [0.29, 0.717) is 24.5 Å². The molecule has 1 aliphatic rings. The van der Waals surface area contributed by atoms with E-state index in [0.717, 1.165) is 22.6 Å². The van der Waals surface area contributed by atoms with Gasteiger partial charge >= 0.3 is 0 Å². The highest BCUT2D eigenvalue weighted by Crippen LogP contribution is 2.66. The molecule has 3 atom stereocenters. The van der Waals surface area contributed by atoms with E-state index in [4.69, 9.17) is 9.26 Å². The highest BCUT2D eigenvalue weighted by Gasteiger charge is 2.46. The second kappa shape index (κ2) is 8.34. The average molecular weight is 419 g/mol. The van der Waals surface area contributed by atoms with E-state index in [1.54, 1.807) is 13.0 Å². The summed E-state index contributed by atoms with van der Waals surface area (Å²) in [5.74, 6) is 0.452. The third-order valence-electron chi connectivity index (χ3n) is 5.58. The number of hydrogen-bond acceptors (Lipinski definition) is 6. The number of hydrogen-bond donors (Lipinski definition) is 2. The number of rotatable bonds is 6. The quantitative estimate of drug-likeness (QED) is 0.671. The van der Waals surface area contributed by atoms with Crippen molar-refractivity contribution in [3.05, 3.63) is 46.8 Å². The Morgan fingerprint density at radius 3 is 2.69 bits per heavy atom. The molecule has 0 aliphatic carbocycles. The van der Waals surface area contributed by atoms with Gasteiger partial charge < -0.3 is 19.7 Å². The molecule has 2 aromatic rings. The zero-order valence-corrected chi connectivity index (χ0v) is 18.8. The first-order chi connectivity index (χ1) is 13.7. The van der Waals surface area contributed by atoms with Crippen LogP contribution in [0.15, 0.2) is 24.3 Å². The van der Waals surface area contributed by atoms with E-state index in [9.17, 15) is 9.67 Å². The number of likely N-dealkylation sites (N-methyl/N-ethyl adjacent to an activating group) is 1. The first kappa shape index (κ1) is 21.6. The molecular weight excluding hydrogens is 389 g/mol. The zero-order valence-electron chi connectivity index (χ0n) is 17.9. The number of nitrogens with zero attached hydrogens (tertiary/aromatic N) is 2. The standard InChI is InChI=1S/C21H30N3O4P/c1-13-9-17(10-19(27-6)21(13)25)20(29(26)24(5)15(3)12-28-29)11-22-18-8-7-14(2)23-16(18)4/h7-10,15,20,22,25H,11-12H2,1-6H3/t15-,20?,29?/m0/s1. The van der Waals surface area contributed by atoms with Crippen molar-refractivity contribution < 1.29 is 18.9 Å². The number of aromatic nitrogens is 1. The smallest absolute Gasteiger partial charge is 0.281 e. The number of anilines is 1. The van der Waals surface area contributed by atoms with Gasteiger partial charge in [-0.15, -0.1) is 0 Å². The molecular formula is C21H30N3O4P. The summed E-state index contributed by atoms with van der Waals surface area (Å²) in [6.45, 7) is 8.52. The lowest BCUT2D eigenvalue weighted by atomic mass is 10.1. The zero-order chi connectivity index (χ0) is 21.3. The van der Waals surface area contributed by atoms with Crippen LogP contribution in [0.2, 0.25) is 0 Å². The second-order valence-corrected chi connectivity index (χ2v) is 10.3. The van der Waals surface area contributed by atoms with Crippen molar-refractivity contribution in [2.24, 2.45) is 0 Å². The summed E-state index contributed by atoms with van der Waals surface area (Å²) in [5.41, 5.74) is 3.75. The summed E-state index contributed by atoms with van der Waals surface area (Å²) in [7, 11) is 0.188. The number of nitrogens with one attached hydrogen (secondary N) is 1. The molecule has 1 aromatic carbocycles. The first-order valence-corrected chi connectivity index (χ1v) is 11.3. The summed E-state index contributed by atoms with van der Waals surface area (Å²) in [5, 5.41) is 13.6. The number of ether oxygens (including phenoxy) is 1. The van der Waals surface area contributed by atoms with Crippen LogP contribution in [0.5, 0.6) is 11.5 Å². The van der Waals surface area contributed by atoms with E-state index < -0.39 is 13.2 Å². The Bertz CT molecular complexity index is 950. The van der Waals surface area contributed by atoms with Crippen molar-refractivity contribution in [2.75, 3.05) is 32.6 Å². The van der Waals surface area contributed by atoms with Crippen molar-refractivity contribution in [1.82, 2.24) is 9.65 Å². The molecule has 2 N–H and O–H groups in total. The number of methoxy groups -OCH3 is 1. The van der Waals surface area contributed by atoms with Gasteiger partial charge in [0, 0.05) is 18.3 Å². The average Bonchev–Trinajstić information content (AvgIpc) is 2.94. The van der Waals surface area contributed by atoms with E-state index in [-0.39, 0.29) is 11.8 Å². The van der Waals surface area contributed by atoms with Gasteiger partial charge in [-0.25, -0.2) is 4.67 Å². The van der Waals surface area contributed by atoms with Crippen LogP contribution in [0.3, 0.4) is 0 Å². The molecule has 7 nitrogen and oxygen atoms in total. The fourth-order valence-corrected chi connectivity index (χ4v) is 6.32. The Kier molecular flexibility index (Phi) is 6.22. The molecule has 3 rings (SSSR count). The Morgan fingerprint density at radius 2 is 2.10 bits per heavy atom. The van der Waals surface area contributed by atoms with Crippen molar-refractivity contribution in [2.45, 2.75) is 39.4 Å². The van der Waals surface area contributed by atoms with E-state index in [1.165, 1.54) is 7.11 Å². The molecule has 1 aromatic heterocycles. The number of benzene rings is 1. The van der Waals surface area contributed by atoms with Crippen LogP contribution in [-0.4, -0.2) is 48.1 Å². The number of aromatic hydroxyl groups is 1. The maximum atomic E-state index is 14.0. The molecule has 1 aliphatic heterocycles. The predicted molar refractivity (Wildman–Crippen MR) is 115 cm³/mol. The summed E-state index contributed by atoms with van der Waals surface area (Å²) in [6, 6.07) is 7.58. The Morgan fingerprint density at radius 1 is 1.38 bits per heavy atom. The number of phenolic OH excluding ortho intramolecular Hbond substituents is 1. The first-order valence-electron chi connectivity index (χ1n) is 9.70. The van der Waals surface area contributed by atoms with Crippen molar-refractivity contribution in [3.8, 4) is 11.5 Å². The van der Waals surface area contributed by atoms with Crippen LogP contribution in [-0.2, 0) is 9.09 Å². The minimum atomic E-state index is -3.16.